The monoisotopic (exact) mass is 283 g/mol. The largest absolute Gasteiger partial charge is 0.238 e. The third kappa shape index (κ3) is 2.43. The fraction of sp³-hybridized carbons (Fsp3) is 0.143. The molecule has 3 nitrogen and oxygen atoms in total. The van der Waals surface area contributed by atoms with Crippen LogP contribution in [0.15, 0.2) is 21.5 Å². The molecule has 0 atom stereocenters. The Kier molecular flexibility index (Phi) is 3.01. The van der Waals surface area contributed by atoms with Gasteiger partial charge in [-0.2, -0.15) is 0 Å². The second kappa shape index (κ2) is 3.57. The summed E-state index contributed by atoms with van der Waals surface area (Å²) >= 11 is 8.90. The highest BCUT2D eigenvalue weighted by molar-refractivity contribution is 9.10. The highest BCUT2D eigenvalue weighted by Gasteiger charge is 2.13. The average molecular weight is 285 g/mol. The standard InChI is InChI=1S/C7H7BrClNO2S/c1-4-2-5(8)6(9)3-7(4)13(10,11)12/h2-3H,1H3,(H2,10,11,12). The van der Waals surface area contributed by atoms with E-state index >= 15 is 0 Å². The molecule has 1 rings (SSSR count). The summed E-state index contributed by atoms with van der Waals surface area (Å²) in [5.74, 6) is 0. The van der Waals surface area contributed by atoms with Crippen LogP contribution in [0.2, 0.25) is 5.02 Å². The topological polar surface area (TPSA) is 60.2 Å². The van der Waals surface area contributed by atoms with Gasteiger partial charge in [-0.15, -0.1) is 0 Å². The van der Waals surface area contributed by atoms with Crippen LogP contribution in [0.1, 0.15) is 5.56 Å². The van der Waals surface area contributed by atoms with Gasteiger partial charge in [-0.1, -0.05) is 11.6 Å². The summed E-state index contributed by atoms with van der Waals surface area (Å²) in [7, 11) is -3.68. The van der Waals surface area contributed by atoms with Crippen molar-refractivity contribution in [3.05, 3.63) is 27.2 Å². The van der Waals surface area contributed by atoms with Crippen molar-refractivity contribution in [3.8, 4) is 0 Å². The Balaban J connectivity index is 3.50. The molecule has 0 spiro atoms. The van der Waals surface area contributed by atoms with Gasteiger partial charge in [0.05, 0.1) is 9.92 Å². The molecule has 0 heterocycles. The van der Waals surface area contributed by atoms with Crippen molar-refractivity contribution in [2.24, 2.45) is 5.14 Å². The summed E-state index contributed by atoms with van der Waals surface area (Å²) in [4.78, 5) is 0.0562. The van der Waals surface area contributed by atoms with Gasteiger partial charge >= 0.3 is 0 Å². The normalized spacial score (nSPS) is 11.7. The highest BCUT2D eigenvalue weighted by atomic mass is 79.9. The Morgan fingerprint density at radius 3 is 2.46 bits per heavy atom. The van der Waals surface area contributed by atoms with Gasteiger partial charge in [0.1, 0.15) is 0 Å². The number of nitrogens with two attached hydrogens (primary N) is 1. The maximum Gasteiger partial charge on any atom is 0.238 e. The van der Waals surface area contributed by atoms with E-state index in [1.807, 2.05) is 0 Å². The van der Waals surface area contributed by atoms with Crippen LogP contribution in [-0.2, 0) is 10.0 Å². The molecule has 2 N–H and O–H groups in total. The van der Waals surface area contributed by atoms with Crippen LogP contribution < -0.4 is 5.14 Å². The molecule has 72 valence electrons. The van der Waals surface area contributed by atoms with Gasteiger partial charge in [0.15, 0.2) is 0 Å². The van der Waals surface area contributed by atoms with E-state index < -0.39 is 10.0 Å². The van der Waals surface area contributed by atoms with Crippen molar-refractivity contribution in [2.45, 2.75) is 11.8 Å². The Labute approximate surface area is 90.1 Å². The fourth-order valence-electron chi connectivity index (χ4n) is 0.935. The van der Waals surface area contributed by atoms with E-state index in [0.29, 0.717) is 15.1 Å². The number of primary sulfonamides is 1. The molecule has 0 aliphatic heterocycles. The minimum absolute atomic E-state index is 0.0562. The zero-order chi connectivity index (χ0) is 10.2. The van der Waals surface area contributed by atoms with Crippen LogP contribution >= 0.6 is 27.5 Å². The number of sulfonamides is 1. The maximum absolute atomic E-state index is 11.0. The average Bonchev–Trinajstić information content (AvgIpc) is 1.94. The smallest absolute Gasteiger partial charge is 0.225 e. The van der Waals surface area contributed by atoms with Crippen LogP contribution in [-0.4, -0.2) is 8.42 Å². The van der Waals surface area contributed by atoms with Crippen LogP contribution in [0.25, 0.3) is 0 Å². The van der Waals surface area contributed by atoms with E-state index in [-0.39, 0.29) is 4.90 Å². The van der Waals surface area contributed by atoms with Crippen LogP contribution in [0.5, 0.6) is 0 Å². The molecule has 0 saturated carbocycles. The predicted molar refractivity (Wildman–Crippen MR) is 55.3 cm³/mol. The zero-order valence-electron chi connectivity index (χ0n) is 6.71. The maximum atomic E-state index is 11.0. The van der Waals surface area contributed by atoms with Crippen LogP contribution in [0.3, 0.4) is 0 Å². The lowest BCUT2D eigenvalue weighted by Gasteiger charge is -2.04. The van der Waals surface area contributed by atoms with E-state index in [0.717, 1.165) is 0 Å². The Hall–Kier alpha value is -0.100. The lowest BCUT2D eigenvalue weighted by atomic mass is 10.2. The first kappa shape index (κ1) is 11.0. The van der Waals surface area contributed by atoms with E-state index in [9.17, 15) is 8.42 Å². The summed E-state index contributed by atoms with van der Waals surface area (Å²) < 4.78 is 22.7. The number of aryl methyl sites for hydroxylation is 1. The Bertz CT molecular complexity index is 444. The molecule has 13 heavy (non-hydrogen) atoms. The van der Waals surface area contributed by atoms with Crippen molar-refractivity contribution >= 4 is 37.6 Å². The van der Waals surface area contributed by atoms with Gasteiger partial charge in [0.2, 0.25) is 10.0 Å². The second-order valence-electron chi connectivity index (χ2n) is 2.58. The van der Waals surface area contributed by atoms with Gasteiger partial charge in [-0.25, -0.2) is 13.6 Å². The molecule has 0 aliphatic carbocycles. The minimum atomic E-state index is -3.68. The van der Waals surface area contributed by atoms with Crippen LogP contribution in [0.4, 0.5) is 0 Å². The van der Waals surface area contributed by atoms with Crippen molar-refractivity contribution in [3.63, 3.8) is 0 Å². The molecule has 0 bridgehead atoms. The van der Waals surface area contributed by atoms with E-state index in [4.69, 9.17) is 16.7 Å². The quantitative estimate of drug-likeness (QED) is 0.858. The Morgan fingerprint density at radius 2 is 2.00 bits per heavy atom. The van der Waals surface area contributed by atoms with E-state index in [1.165, 1.54) is 6.07 Å². The van der Waals surface area contributed by atoms with Gasteiger partial charge in [-0.3, -0.25) is 0 Å². The zero-order valence-corrected chi connectivity index (χ0v) is 9.87. The molecule has 0 amide bonds. The van der Waals surface area contributed by atoms with Crippen LogP contribution in [0, 0.1) is 6.92 Å². The SMILES string of the molecule is Cc1cc(Br)c(Cl)cc1S(N)(=O)=O. The van der Waals surface area contributed by atoms with Crippen molar-refractivity contribution < 1.29 is 8.42 Å². The third-order valence-corrected chi connectivity index (χ3v) is 3.77. The first-order chi connectivity index (χ1) is 5.82. The van der Waals surface area contributed by atoms with E-state index in [2.05, 4.69) is 15.9 Å². The van der Waals surface area contributed by atoms with E-state index in [1.54, 1.807) is 13.0 Å². The number of hydrogen-bond donors (Lipinski definition) is 1. The Morgan fingerprint density at radius 1 is 1.46 bits per heavy atom. The molecule has 0 radical (unpaired) electrons. The molecule has 1 aromatic carbocycles. The minimum Gasteiger partial charge on any atom is -0.225 e. The summed E-state index contributed by atoms with van der Waals surface area (Å²) in [6, 6.07) is 2.94. The molecular formula is C7H7BrClNO2S. The van der Waals surface area contributed by atoms with Gasteiger partial charge in [0, 0.05) is 4.47 Å². The second-order valence-corrected chi connectivity index (χ2v) is 5.37. The molecule has 1 aromatic rings. The molecule has 0 fully saturated rings. The van der Waals surface area contributed by atoms with Crippen molar-refractivity contribution in [2.75, 3.05) is 0 Å². The molecule has 0 unspecified atom stereocenters. The van der Waals surface area contributed by atoms with Gasteiger partial charge in [-0.05, 0) is 40.5 Å². The summed E-state index contributed by atoms with van der Waals surface area (Å²) in [6.45, 7) is 1.65. The van der Waals surface area contributed by atoms with Gasteiger partial charge < -0.3 is 0 Å². The summed E-state index contributed by atoms with van der Waals surface area (Å²) in [6.07, 6.45) is 0. The molecule has 0 aromatic heterocycles. The lowest BCUT2D eigenvalue weighted by Crippen LogP contribution is -2.13. The number of rotatable bonds is 1. The molecular weight excluding hydrogens is 278 g/mol. The predicted octanol–water partition coefficient (Wildman–Crippen LogP) is 2.06. The molecule has 0 saturated heterocycles. The van der Waals surface area contributed by atoms with Crippen molar-refractivity contribution in [1.82, 2.24) is 0 Å². The number of halogens is 2. The lowest BCUT2D eigenvalue weighted by molar-refractivity contribution is 0.597. The summed E-state index contributed by atoms with van der Waals surface area (Å²) in [5.41, 5.74) is 0.568. The first-order valence-corrected chi connectivity index (χ1v) is 6.02. The number of benzene rings is 1. The number of hydrogen-bond acceptors (Lipinski definition) is 2. The summed E-state index contributed by atoms with van der Waals surface area (Å²) in [5, 5.41) is 5.30. The van der Waals surface area contributed by atoms with Crippen molar-refractivity contribution in [1.29, 1.82) is 0 Å². The van der Waals surface area contributed by atoms with Gasteiger partial charge in [0.25, 0.3) is 0 Å². The molecule has 0 aliphatic rings. The highest BCUT2D eigenvalue weighted by Crippen LogP contribution is 2.27. The third-order valence-electron chi connectivity index (χ3n) is 1.52. The fourth-order valence-corrected chi connectivity index (χ4v) is 2.41. The molecule has 6 heteroatoms. The first-order valence-electron chi connectivity index (χ1n) is 3.31.